The van der Waals surface area contributed by atoms with E-state index in [0.717, 1.165) is 28.8 Å². The first-order chi connectivity index (χ1) is 16.4. The quantitative estimate of drug-likeness (QED) is 0.468. The molecule has 1 aliphatic heterocycles. The van der Waals surface area contributed by atoms with Crippen LogP contribution in [0.3, 0.4) is 0 Å². The van der Waals surface area contributed by atoms with Gasteiger partial charge in [0.25, 0.3) is 11.5 Å². The van der Waals surface area contributed by atoms with Crippen LogP contribution in [-0.4, -0.2) is 37.4 Å². The Bertz CT molecular complexity index is 1520. The third-order valence-electron chi connectivity index (χ3n) is 5.47. The number of carboxylic acids is 1. The van der Waals surface area contributed by atoms with Crippen LogP contribution in [0.5, 0.6) is 5.75 Å². The summed E-state index contributed by atoms with van der Waals surface area (Å²) in [5.74, 6) is -3.37. The molecule has 2 atom stereocenters. The molecule has 9 nitrogen and oxygen atoms in total. The molecule has 35 heavy (non-hydrogen) atoms. The van der Waals surface area contributed by atoms with Crippen molar-refractivity contribution in [3.05, 3.63) is 74.9 Å². The van der Waals surface area contributed by atoms with Gasteiger partial charge in [0.05, 0.1) is 38.6 Å². The van der Waals surface area contributed by atoms with Gasteiger partial charge in [-0.2, -0.15) is 13.2 Å². The number of rotatable bonds is 4. The van der Waals surface area contributed by atoms with Crippen LogP contribution in [-0.2, 0) is 28.3 Å². The topological polar surface area (TPSA) is 130 Å². The number of aliphatic carboxylic acids is 1. The summed E-state index contributed by atoms with van der Waals surface area (Å²) in [5, 5.41) is 20.4. The van der Waals surface area contributed by atoms with Gasteiger partial charge < -0.3 is 20.1 Å². The lowest BCUT2D eigenvalue weighted by Crippen LogP contribution is -2.38. The van der Waals surface area contributed by atoms with Crippen molar-refractivity contribution >= 4 is 39.3 Å². The number of hydrogen-bond acceptors (Lipinski definition) is 5. The number of hydrogen-bond donors (Lipinski definition) is 3. The molecule has 1 aliphatic rings. The van der Waals surface area contributed by atoms with E-state index in [0.29, 0.717) is 0 Å². The Labute approximate surface area is 196 Å². The van der Waals surface area contributed by atoms with Gasteiger partial charge in [0.2, 0.25) is 0 Å². The molecule has 0 spiro atoms. The smallest absolute Gasteiger partial charge is 0.416 e. The van der Waals surface area contributed by atoms with E-state index in [2.05, 4.69) is 4.85 Å². The summed E-state index contributed by atoms with van der Waals surface area (Å²) < 4.78 is 53.4. The van der Waals surface area contributed by atoms with Crippen molar-refractivity contribution in [3.63, 3.8) is 0 Å². The fourth-order valence-electron chi connectivity index (χ4n) is 3.87. The highest BCUT2D eigenvalue weighted by molar-refractivity contribution is 7.85. The van der Waals surface area contributed by atoms with Gasteiger partial charge >= 0.3 is 12.1 Å². The highest BCUT2D eigenvalue weighted by atomic mass is 32.2. The Kier molecular flexibility index (Phi) is 5.85. The normalized spacial score (nSPS) is 17.1. The summed E-state index contributed by atoms with van der Waals surface area (Å²) in [7, 11) is -1.93. The fourth-order valence-corrected chi connectivity index (χ4v) is 5.51. The van der Waals surface area contributed by atoms with Gasteiger partial charge in [0.15, 0.2) is 5.69 Å². The number of halogens is 3. The minimum atomic E-state index is -4.58. The maximum atomic E-state index is 13.4. The molecule has 13 heteroatoms. The second-order valence-electron chi connectivity index (χ2n) is 7.57. The first-order valence-corrected chi connectivity index (χ1v) is 11.0. The number of carboxylic acid groups (broad SMARTS) is 1. The van der Waals surface area contributed by atoms with E-state index in [1.54, 1.807) is 0 Å². The van der Waals surface area contributed by atoms with Crippen molar-refractivity contribution in [1.29, 1.82) is 0 Å². The van der Waals surface area contributed by atoms with Gasteiger partial charge in [-0.25, -0.2) is 4.85 Å². The number of nitrogens with zero attached hydrogens (tertiary/aromatic N) is 2. The Morgan fingerprint density at radius 2 is 1.89 bits per heavy atom. The minimum Gasteiger partial charge on any atom is -0.506 e. The van der Waals surface area contributed by atoms with Crippen LogP contribution in [0.4, 0.5) is 18.9 Å². The van der Waals surface area contributed by atoms with Crippen molar-refractivity contribution in [2.24, 2.45) is 0 Å². The Balaban J connectivity index is 1.92. The van der Waals surface area contributed by atoms with Crippen LogP contribution < -0.4 is 10.9 Å². The molecule has 0 saturated carbocycles. The molecule has 2 aromatic carbocycles. The molecule has 0 saturated heterocycles. The van der Waals surface area contributed by atoms with E-state index in [4.69, 9.17) is 11.7 Å². The molecular formula is C22H14F3N3O6S. The zero-order chi connectivity index (χ0) is 25.7. The lowest BCUT2D eigenvalue weighted by molar-refractivity contribution is -0.138. The molecule has 2 unspecified atom stereocenters. The predicted octanol–water partition coefficient (Wildman–Crippen LogP) is 2.95. The maximum Gasteiger partial charge on any atom is 0.416 e. The molecule has 1 aromatic heterocycles. The number of nitrogens with one attached hydrogen (secondary N) is 1. The number of aromatic nitrogens is 1. The van der Waals surface area contributed by atoms with Crippen molar-refractivity contribution in [1.82, 2.24) is 9.88 Å². The van der Waals surface area contributed by atoms with E-state index >= 15 is 0 Å². The Hall–Kier alpha value is -4.18. The molecule has 0 radical (unpaired) electrons. The number of amides is 1. The summed E-state index contributed by atoms with van der Waals surface area (Å²) in [6, 6.07) is 6.35. The molecule has 0 fully saturated rings. The SMILES string of the molecule is [C-]#[N+]c1cc2c3c(c1)c(O)c(C(=O)NCC(=O)O)c(=O)n3CC(c1ccc(C(F)(F)F)cc1)S2=O. The molecular weight excluding hydrogens is 491 g/mol. The van der Waals surface area contributed by atoms with E-state index < -0.39 is 63.1 Å². The summed E-state index contributed by atoms with van der Waals surface area (Å²) in [4.78, 5) is 39.8. The molecule has 3 aromatic rings. The first kappa shape index (κ1) is 24.0. The molecule has 0 bridgehead atoms. The number of carbonyl (C=O) groups excluding carboxylic acids is 1. The van der Waals surface area contributed by atoms with Gasteiger partial charge in [-0.3, -0.25) is 18.6 Å². The summed E-state index contributed by atoms with van der Waals surface area (Å²) >= 11 is 0. The standard InChI is InChI=1S/C22H14F3N3O6S/c1-26-12-6-13-18-14(7-12)35(34)15(10-2-4-11(5-3-10)22(23,24)25)9-28(18)21(33)17(19(13)31)20(32)27-8-16(29)30/h2-7,15,31H,8-9H2,(H,27,32)(H,29,30). The highest BCUT2D eigenvalue weighted by Crippen LogP contribution is 2.41. The van der Waals surface area contributed by atoms with Crippen molar-refractivity contribution in [2.45, 2.75) is 22.9 Å². The van der Waals surface area contributed by atoms with E-state index in [9.17, 15) is 36.9 Å². The van der Waals surface area contributed by atoms with Crippen LogP contribution >= 0.6 is 0 Å². The number of pyridine rings is 1. The molecule has 3 N–H and O–H groups in total. The van der Waals surface area contributed by atoms with Gasteiger partial charge in [0.1, 0.15) is 17.9 Å². The lowest BCUT2D eigenvalue weighted by atomic mass is 10.1. The highest BCUT2D eigenvalue weighted by Gasteiger charge is 2.35. The Morgan fingerprint density at radius 1 is 1.23 bits per heavy atom. The van der Waals surface area contributed by atoms with Crippen molar-refractivity contribution < 1.29 is 37.2 Å². The average Bonchev–Trinajstić information content (AvgIpc) is 2.81. The van der Waals surface area contributed by atoms with Crippen molar-refractivity contribution in [2.75, 3.05) is 6.54 Å². The summed E-state index contributed by atoms with van der Waals surface area (Å²) in [5.41, 5.74) is -2.53. The molecule has 4 rings (SSSR count). The largest absolute Gasteiger partial charge is 0.506 e. The van der Waals surface area contributed by atoms with Crippen LogP contribution in [0.25, 0.3) is 15.7 Å². The van der Waals surface area contributed by atoms with Crippen LogP contribution in [0, 0.1) is 6.57 Å². The number of benzene rings is 2. The molecule has 180 valence electrons. The second-order valence-corrected chi connectivity index (χ2v) is 9.18. The van der Waals surface area contributed by atoms with Gasteiger partial charge in [0, 0.05) is 11.9 Å². The third-order valence-corrected chi connectivity index (χ3v) is 7.15. The summed E-state index contributed by atoms with van der Waals surface area (Å²) in [6.45, 7) is 6.17. The van der Waals surface area contributed by atoms with Gasteiger partial charge in [-0.05, 0) is 29.8 Å². The van der Waals surface area contributed by atoms with Crippen molar-refractivity contribution in [3.8, 4) is 5.75 Å². The maximum absolute atomic E-state index is 13.4. The minimum absolute atomic E-state index is 0.00505. The second kappa shape index (κ2) is 8.55. The first-order valence-electron chi connectivity index (χ1n) is 9.82. The van der Waals surface area contributed by atoms with Crippen LogP contribution in [0.2, 0.25) is 0 Å². The molecule has 1 amide bonds. The third kappa shape index (κ3) is 4.12. The lowest BCUT2D eigenvalue weighted by Gasteiger charge is -2.28. The predicted molar refractivity (Wildman–Crippen MR) is 117 cm³/mol. The molecule has 2 heterocycles. The van der Waals surface area contributed by atoms with E-state index in [-0.39, 0.29) is 33.6 Å². The monoisotopic (exact) mass is 505 g/mol. The van der Waals surface area contributed by atoms with Gasteiger partial charge in [-0.1, -0.05) is 12.1 Å². The number of aromatic hydroxyl groups is 1. The van der Waals surface area contributed by atoms with Crippen LogP contribution in [0.1, 0.15) is 26.7 Å². The fraction of sp³-hybridized carbons (Fsp3) is 0.182. The summed E-state index contributed by atoms with van der Waals surface area (Å²) in [6.07, 6.45) is -4.58. The number of carbonyl (C=O) groups is 2. The van der Waals surface area contributed by atoms with E-state index in [1.807, 2.05) is 5.32 Å². The zero-order valence-corrected chi connectivity index (χ0v) is 18.2. The van der Waals surface area contributed by atoms with Crippen LogP contribution in [0.15, 0.2) is 46.1 Å². The van der Waals surface area contributed by atoms with E-state index in [1.165, 1.54) is 12.1 Å². The number of alkyl halides is 3. The Morgan fingerprint density at radius 3 is 2.46 bits per heavy atom. The van der Waals surface area contributed by atoms with Gasteiger partial charge in [-0.15, -0.1) is 0 Å². The zero-order valence-electron chi connectivity index (χ0n) is 17.4. The average molecular weight is 505 g/mol. The molecule has 0 aliphatic carbocycles.